The molecule has 0 atom stereocenters. The van der Waals surface area contributed by atoms with Crippen LogP contribution in [0.2, 0.25) is 0 Å². The van der Waals surface area contributed by atoms with E-state index in [0.29, 0.717) is 25.4 Å². The van der Waals surface area contributed by atoms with Crippen LogP contribution in [0.25, 0.3) is 0 Å². The molecule has 5 nitrogen and oxygen atoms in total. The van der Waals surface area contributed by atoms with Gasteiger partial charge in [-0.25, -0.2) is 0 Å². The maximum atomic E-state index is 11.2. The molecule has 0 amide bonds. The standard InChI is InChI=1S/C12H22O5S3/c1-2-12(7-15-3-4-18,8-16-10(13)5-19)9-17-11(14)6-20/h18-20H,2-9H2,1H3. The largest absolute Gasteiger partial charge is 0.464 e. The van der Waals surface area contributed by atoms with Gasteiger partial charge in [-0.05, 0) is 6.42 Å². The molecule has 0 aliphatic carbocycles. The highest BCUT2D eigenvalue weighted by atomic mass is 32.1. The van der Waals surface area contributed by atoms with Crippen LogP contribution in [0.4, 0.5) is 0 Å². The molecule has 0 fully saturated rings. The van der Waals surface area contributed by atoms with Crippen molar-refractivity contribution < 1.29 is 23.8 Å². The normalized spacial score (nSPS) is 11.2. The Bertz CT molecular complexity index is 279. The van der Waals surface area contributed by atoms with E-state index in [4.69, 9.17) is 14.2 Å². The van der Waals surface area contributed by atoms with Crippen molar-refractivity contribution >= 4 is 49.8 Å². The molecule has 0 bridgehead atoms. The first-order chi connectivity index (χ1) is 9.53. The zero-order valence-electron chi connectivity index (χ0n) is 11.5. The average Bonchev–Trinajstić information content (AvgIpc) is 2.49. The summed E-state index contributed by atoms with van der Waals surface area (Å²) in [7, 11) is 0. The Labute approximate surface area is 136 Å². The van der Waals surface area contributed by atoms with Crippen molar-refractivity contribution in [2.75, 3.05) is 43.7 Å². The van der Waals surface area contributed by atoms with E-state index < -0.39 is 17.4 Å². The highest BCUT2D eigenvalue weighted by Crippen LogP contribution is 2.24. The van der Waals surface area contributed by atoms with Gasteiger partial charge >= 0.3 is 11.9 Å². The van der Waals surface area contributed by atoms with Gasteiger partial charge in [-0.1, -0.05) is 6.92 Å². The van der Waals surface area contributed by atoms with E-state index in [0.717, 1.165) is 0 Å². The first-order valence-electron chi connectivity index (χ1n) is 6.25. The second-order valence-electron chi connectivity index (χ2n) is 4.27. The Morgan fingerprint density at radius 1 is 0.950 bits per heavy atom. The van der Waals surface area contributed by atoms with E-state index in [2.05, 4.69) is 37.9 Å². The first-order valence-corrected chi connectivity index (χ1v) is 8.15. The van der Waals surface area contributed by atoms with Crippen molar-refractivity contribution in [3.63, 3.8) is 0 Å². The Morgan fingerprint density at radius 2 is 1.45 bits per heavy atom. The minimum absolute atomic E-state index is 0.00766. The van der Waals surface area contributed by atoms with Gasteiger partial charge in [0.2, 0.25) is 0 Å². The third-order valence-corrected chi connectivity index (χ3v) is 3.43. The summed E-state index contributed by atoms with van der Waals surface area (Å²) in [6.45, 7) is 2.97. The van der Waals surface area contributed by atoms with Gasteiger partial charge in [0.05, 0.1) is 30.1 Å². The average molecular weight is 343 g/mol. The molecule has 0 aromatic rings. The molecule has 8 heteroatoms. The molecule has 0 rings (SSSR count). The molecule has 0 aliphatic rings. The minimum atomic E-state index is -0.555. The fraction of sp³-hybridized carbons (Fsp3) is 0.833. The van der Waals surface area contributed by atoms with Crippen LogP contribution in [0.15, 0.2) is 0 Å². The summed E-state index contributed by atoms with van der Waals surface area (Å²) in [5, 5.41) is 0. The Balaban J connectivity index is 4.58. The molecular weight excluding hydrogens is 320 g/mol. The number of thiol groups is 3. The lowest BCUT2D eigenvalue weighted by atomic mass is 9.88. The molecule has 0 N–H and O–H groups in total. The minimum Gasteiger partial charge on any atom is -0.464 e. The summed E-state index contributed by atoms with van der Waals surface area (Å²) in [5.74, 6) is -0.226. The Morgan fingerprint density at radius 3 is 1.80 bits per heavy atom. The first kappa shape index (κ1) is 19.9. The van der Waals surface area contributed by atoms with Crippen LogP contribution in [0.3, 0.4) is 0 Å². The van der Waals surface area contributed by atoms with E-state index >= 15 is 0 Å². The number of ether oxygens (including phenoxy) is 3. The fourth-order valence-electron chi connectivity index (χ4n) is 1.34. The fourth-order valence-corrected chi connectivity index (χ4v) is 1.65. The van der Waals surface area contributed by atoms with Gasteiger partial charge < -0.3 is 14.2 Å². The maximum absolute atomic E-state index is 11.2. The van der Waals surface area contributed by atoms with Crippen LogP contribution in [0.1, 0.15) is 13.3 Å². The number of carbonyl (C=O) groups excluding carboxylic acids is 2. The van der Waals surface area contributed by atoms with Crippen molar-refractivity contribution in [2.24, 2.45) is 5.41 Å². The molecule has 0 saturated carbocycles. The van der Waals surface area contributed by atoms with Gasteiger partial charge in [0.25, 0.3) is 0 Å². The molecule has 0 saturated heterocycles. The predicted octanol–water partition coefficient (Wildman–Crippen LogP) is 1.28. The lowest BCUT2D eigenvalue weighted by molar-refractivity contribution is -0.154. The van der Waals surface area contributed by atoms with E-state index in [9.17, 15) is 9.59 Å². The van der Waals surface area contributed by atoms with Gasteiger partial charge in [0, 0.05) is 5.75 Å². The lowest BCUT2D eigenvalue weighted by Gasteiger charge is -2.31. The number of hydrogen-bond acceptors (Lipinski definition) is 8. The molecule has 0 unspecified atom stereocenters. The van der Waals surface area contributed by atoms with Gasteiger partial charge in [0.15, 0.2) is 0 Å². The smallest absolute Gasteiger partial charge is 0.315 e. The molecular formula is C12H22O5S3. The third kappa shape index (κ3) is 8.28. The van der Waals surface area contributed by atoms with Crippen molar-refractivity contribution in [3.8, 4) is 0 Å². The van der Waals surface area contributed by atoms with Crippen LogP contribution in [0.5, 0.6) is 0 Å². The number of rotatable bonds is 11. The highest BCUT2D eigenvalue weighted by Gasteiger charge is 2.32. The predicted molar refractivity (Wildman–Crippen MR) is 87.0 cm³/mol. The molecule has 0 radical (unpaired) electrons. The van der Waals surface area contributed by atoms with Gasteiger partial charge in [0.1, 0.15) is 13.2 Å². The second-order valence-corrected chi connectivity index (χ2v) is 5.35. The zero-order chi connectivity index (χ0) is 15.4. The van der Waals surface area contributed by atoms with Crippen LogP contribution >= 0.6 is 37.9 Å². The number of esters is 2. The molecule has 0 aromatic carbocycles. The van der Waals surface area contributed by atoms with Crippen LogP contribution in [-0.4, -0.2) is 55.6 Å². The summed E-state index contributed by atoms with van der Waals surface area (Å²) in [6.07, 6.45) is 0.638. The van der Waals surface area contributed by atoms with Crippen molar-refractivity contribution in [3.05, 3.63) is 0 Å². The maximum Gasteiger partial charge on any atom is 0.315 e. The summed E-state index contributed by atoms with van der Waals surface area (Å²) in [4.78, 5) is 22.5. The molecule has 0 spiro atoms. The lowest BCUT2D eigenvalue weighted by Crippen LogP contribution is -2.39. The molecule has 118 valence electrons. The van der Waals surface area contributed by atoms with E-state index in [1.165, 1.54) is 0 Å². The SMILES string of the molecule is CCC(COCCS)(COC(=O)CS)COC(=O)CS. The summed E-state index contributed by atoms with van der Waals surface area (Å²) >= 11 is 11.8. The van der Waals surface area contributed by atoms with E-state index in [1.807, 2.05) is 6.92 Å². The summed E-state index contributed by atoms with van der Waals surface area (Å²) in [5.41, 5.74) is -0.555. The van der Waals surface area contributed by atoms with E-state index in [1.54, 1.807) is 0 Å². The molecule has 20 heavy (non-hydrogen) atoms. The van der Waals surface area contributed by atoms with Crippen molar-refractivity contribution in [1.29, 1.82) is 0 Å². The summed E-state index contributed by atoms with van der Waals surface area (Å²) in [6, 6.07) is 0. The van der Waals surface area contributed by atoms with Gasteiger partial charge in [-0.15, -0.1) is 0 Å². The van der Waals surface area contributed by atoms with E-state index in [-0.39, 0.29) is 24.7 Å². The van der Waals surface area contributed by atoms with Gasteiger partial charge in [-0.3, -0.25) is 9.59 Å². The monoisotopic (exact) mass is 342 g/mol. The Kier molecular flexibility index (Phi) is 11.6. The quantitative estimate of drug-likeness (QED) is 0.300. The molecule has 0 heterocycles. The molecule has 0 aromatic heterocycles. The highest BCUT2D eigenvalue weighted by molar-refractivity contribution is 7.81. The topological polar surface area (TPSA) is 61.8 Å². The van der Waals surface area contributed by atoms with Crippen LogP contribution in [-0.2, 0) is 23.8 Å². The molecule has 0 aliphatic heterocycles. The van der Waals surface area contributed by atoms with Crippen molar-refractivity contribution in [1.82, 2.24) is 0 Å². The number of carbonyl (C=O) groups is 2. The number of hydrogen-bond donors (Lipinski definition) is 3. The Hall–Kier alpha value is -0.0500. The second kappa shape index (κ2) is 11.6. The zero-order valence-corrected chi connectivity index (χ0v) is 14.2. The van der Waals surface area contributed by atoms with Crippen molar-refractivity contribution in [2.45, 2.75) is 13.3 Å². The third-order valence-electron chi connectivity index (χ3n) is 2.73. The van der Waals surface area contributed by atoms with Crippen LogP contribution < -0.4 is 0 Å². The summed E-state index contributed by atoms with van der Waals surface area (Å²) < 4.78 is 15.7. The van der Waals surface area contributed by atoms with Crippen LogP contribution in [0, 0.1) is 5.41 Å². The van der Waals surface area contributed by atoms with Gasteiger partial charge in [-0.2, -0.15) is 37.9 Å².